The zero-order valence-electron chi connectivity index (χ0n) is 27.3. The van der Waals surface area contributed by atoms with Crippen LogP contribution in [0.15, 0.2) is 60.7 Å². The molecule has 8 nitrogen and oxygen atoms in total. The summed E-state index contributed by atoms with van der Waals surface area (Å²) in [6, 6.07) is 18.7. The normalized spacial score (nSPS) is 14.5. The van der Waals surface area contributed by atoms with Crippen LogP contribution in [0.25, 0.3) is 0 Å². The number of benzene rings is 3. The summed E-state index contributed by atoms with van der Waals surface area (Å²) in [5.41, 5.74) is 2.74. The number of halogens is 2. The Morgan fingerprint density at radius 3 is 1.89 bits per heavy atom. The van der Waals surface area contributed by atoms with Crippen molar-refractivity contribution in [2.45, 2.75) is 92.0 Å². The van der Waals surface area contributed by atoms with Crippen LogP contribution >= 0.6 is 35.4 Å². The number of hydrogen-bond acceptors (Lipinski definition) is 6. The van der Waals surface area contributed by atoms with Gasteiger partial charge in [0.25, 0.3) is 0 Å². The number of nitrogens with one attached hydrogen (secondary N) is 1. The van der Waals surface area contributed by atoms with Gasteiger partial charge in [-0.25, -0.2) is 9.59 Å². The van der Waals surface area contributed by atoms with E-state index in [1.54, 1.807) is 28.0 Å². The van der Waals surface area contributed by atoms with Crippen molar-refractivity contribution < 1.29 is 23.8 Å². The van der Waals surface area contributed by atoms with Gasteiger partial charge in [0.1, 0.15) is 28.0 Å². The highest BCUT2D eigenvalue weighted by Gasteiger charge is 2.26. The van der Waals surface area contributed by atoms with Gasteiger partial charge in [-0.1, -0.05) is 71.8 Å². The Labute approximate surface area is 286 Å². The average molecular weight is 687 g/mol. The van der Waals surface area contributed by atoms with Crippen LogP contribution in [-0.4, -0.2) is 44.3 Å². The fourth-order valence-electron chi connectivity index (χ4n) is 4.72. The number of amides is 2. The monoisotopic (exact) mass is 685 g/mol. The Kier molecular flexibility index (Phi) is 11.1. The summed E-state index contributed by atoms with van der Waals surface area (Å²) in [5, 5.41) is 4.20. The van der Waals surface area contributed by atoms with Gasteiger partial charge in [-0.3, -0.25) is 9.80 Å². The third-order valence-electron chi connectivity index (χ3n) is 6.77. The molecule has 3 aromatic carbocycles. The summed E-state index contributed by atoms with van der Waals surface area (Å²) in [7, 11) is 0. The highest BCUT2D eigenvalue weighted by molar-refractivity contribution is 7.80. The SMILES string of the molecule is CC1Oc2ccc(CN(Cc3cccc(CN(Cc4ccc(Cl)cc4Cl)C(=O)OC(C)(C)C)c3)C(=O)OC(C)(C)C)cc2NC1=S. The molecule has 0 fully saturated rings. The zero-order chi connectivity index (χ0) is 33.8. The molecule has 1 heterocycles. The number of ether oxygens (including phenoxy) is 3. The van der Waals surface area contributed by atoms with Crippen LogP contribution in [0, 0.1) is 0 Å². The van der Waals surface area contributed by atoms with Crippen LogP contribution in [0.5, 0.6) is 5.75 Å². The first-order valence-corrected chi connectivity index (χ1v) is 16.2. The molecule has 1 N–H and O–H groups in total. The van der Waals surface area contributed by atoms with E-state index in [0.29, 0.717) is 20.8 Å². The van der Waals surface area contributed by atoms with Crippen molar-refractivity contribution in [1.82, 2.24) is 9.80 Å². The van der Waals surface area contributed by atoms with Crippen LogP contribution in [0.4, 0.5) is 15.3 Å². The highest BCUT2D eigenvalue weighted by atomic mass is 35.5. The molecular weight excluding hydrogens is 645 g/mol. The summed E-state index contributed by atoms with van der Waals surface area (Å²) in [4.78, 5) is 30.6. The number of hydrogen-bond donors (Lipinski definition) is 1. The van der Waals surface area contributed by atoms with E-state index in [1.165, 1.54) is 0 Å². The van der Waals surface area contributed by atoms with Gasteiger partial charge in [0, 0.05) is 29.7 Å². The smallest absolute Gasteiger partial charge is 0.410 e. The van der Waals surface area contributed by atoms with Crippen LogP contribution in [0.1, 0.15) is 70.7 Å². The molecule has 4 rings (SSSR count). The number of rotatable bonds is 8. The highest BCUT2D eigenvalue weighted by Crippen LogP contribution is 2.32. The van der Waals surface area contributed by atoms with E-state index >= 15 is 0 Å². The molecule has 0 spiro atoms. The van der Waals surface area contributed by atoms with E-state index < -0.39 is 23.4 Å². The number of carbonyl (C=O) groups is 2. The van der Waals surface area contributed by atoms with Gasteiger partial charge in [0.15, 0.2) is 0 Å². The van der Waals surface area contributed by atoms with Crippen LogP contribution in [-0.2, 0) is 35.7 Å². The topological polar surface area (TPSA) is 80.3 Å². The summed E-state index contributed by atoms with van der Waals surface area (Å²) < 4.78 is 17.4. The average Bonchev–Trinajstić information content (AvgIpc) is 2.93. The number of nitrogens with zero attached hydrogens (tertiary/aromatic N) is 2. The standard InChI is InChI=1S/C35H41Cl2N3O5S/c1-22-31(46)38-29-16-25(11-14-30(29)43-22)20-39(32(41)44-34(2,3)4)18-23-9-8-10-24(15-23)19-40(33(42)45-35(5,6)7)21-26-12-13-27(36)17-28(26)37/h8-17,22H,18-21H2,1-7H3,(H,38,46). The summed E-state index contributed by atoms with van der Waals surface area (Å²) in [6.45, 7) is 13.9. The lowest BCUT2D eigenvalue weighted by molar-refractivity contribution is 0.0210. The molecule has 1 aliphatic rings. The van der Waals surface area contributed by atoms with Gasteiger partial charge in [0.2, 0.25) is 0 Å². The molecule has 0 bridgehead atoms. The van der Waals surface area contributed by atoms with Gasteiger partial charge in [-0.2, -0.15) is 0 Å². The summed E-state index contributed by atoms with van der Waals surface area (Å²) >= 11 is 18.0. The third kappa shape index (κ3) is 10.2. The molecule has 2 amide bonds. The zero-order valence-corrected chi connectivity index (χ0v) is 29.6. The second-order valence-electron chi connectivity index (χ2n) is 13.3. The number of fused-ring (bicyclic) bond motifs is 1. The van der Waals surface area contributed by atoms with Crippen LogP contribution in [0.2, 0.25) is 10.0 Å². The van der Waals surface area contributed by atoms with Gasteiger partial charge >= 0.3 is 12.2 Å². The summed E-state index contributed by atoms with van der Waals surface area (Å²) in [6.07, 6.45) is -1.14. The van der Waals surface area contributed by atoms with E-state index in [0.717, 1.165) is 27.9 Å². The van der Waals surface area contributed by atoms with Crippen molar-refractivity contribution in [3.8, 4) is 5.75 Å². The number of thiocarbonyl (C=S) groups is 1. The lowest BCUT2D eigenvalue weighted by atomic mass is 10.1. The minimum Gasteiger partial charge on any atom is -0.481 e. The maximum Gasteiger partial charge on any atom is 0.410 e. The molecule has 11 heteroatoms. The van der Waals surface area contributed by atoms with E-state index in [1.807, 2.05) is 90.9 Å². The number of anilines is 1. The molecule has 0 aliphatic carbocycles. The first-order chi connectivity index (χ1) is 21.5. The lowest BCUT2D eigenvalue weighted by Gasteiger charge is -2.29. The predicted molar refractivity (Wildman–Crippen MR) is 187 cm³/mol. The minimum atomic E-state index is -0.684. The Morgan fingerprint density at radius 2 is 1.35 bits per heavy atom. The Bertz CT molecular complexity index is 1600. The molecule has 0 saturated carbocycles. The van der Waals surface area contributed by atoms with Crippen molar-refractivity contribution >= 4 is 58.3 Å². The molecule has 1 aliphatic heterocycles. The van der Waals surface area contributed by atoms with Crippen molar-refractivity contribution in [2.75, 3.05) is 5.32 Å². The first-order valence-electron chi connectivity index (χ1n) is 15.0. The second kappa shape index (κ2) is 14.5. The maximum absolute atomic E-state index is 13.4. The maximum atomic E-state index is 13.4. The molecule has 0 saturated heterocycles. The predicted octanol–water partition coefficient (Wildman–Crippen LogP) is 9.39. The van der Waals surface area contributed by atoms with Gasteiger partial charge in [-0.15, -0.1) is 0 Å². The van der Waals surface area contributed by atoms with E-state index in [2.05, 4.69) is 5.32 Å². The Morgan fingerprint density at radius 1 is 0.804 bits per heavy atom. The molecular formula is C35H41Cl2N3O5S. The van der Waals surface area contributed by atoms with Gasteiger partial charge in [0.05, 0.1) is 12.2 Å². The molecule has 46 heavy (non-hydrogen) atoms. The first kappa shape index (κ1) is 35.3. The van der Waals surface area contributed by atoms with Gasteiger partial charge in [-0.05, 0) is 95.0 Å². The van der Waals surface area contributed by atoms with Crippen molar-refractivity contribution in [2.24, 2.45) is 0 Å². The van der Waals surface area contributed by atoms with Crippen LogP contribution < -0.4 is 10.1 Å². The van der Waals surface area contributed by atoms with E-state index in [9.17, 15) is 9.59 Å². The lowest BCUT2D eigenvalue weighted by Crippen LogP contribution is -2.36. The van der Waals surface area contributed by atoms with Crippen LogP contribution in [0.3, 0.4) is 0 Å². The van der Waals surface area contributed by atoms with Crippen molar-refractivity contribution in [3.05, 3.63) is 93.0 Å². The molecule has 3 aromatic rings. The fraction of sp³-hybridized carbons (Fsp3) is 0.400. The molecule has 1 atom stereocenters. The number of carbonyl (C=O) groups excluding carboxylic acids is 2. The third-order valence-corrected chi connectivity index (χ3v) is 7.79. The summed E-state index contributed by atoms with van der Waals surface area (Å²) in [5.74, 6) is 0.704. The fourth-order valence-corrected chi connectivity index (χ4v) is 5.35. The van der Waals surface area contributed by atoms with E-state index in [4.69, 9.17) is 49.6 Å². The van der Waals surface area contributed by atoms with E-state index in [-0.39, 0.29) is 32.3 Å². The molecule has 0 radical (unpaired) electrons. The molecule has 246 valence electrons. The second-order valence-corrected chi connectivity index (χ2v) is 14.6. The van der Waals surface area contributed by atoms with Crippen molar-refractivity contribution in [1.29, 1.82) is 0 Å². The van der Waals surface area contributed by atoms with Crippen molar-refractivity contribution in [3.63, 3.8) is 0 Å². The minimum absolute atomic E-state index is 0.215. The van der Waals surface area contributed by atoms with Gasteiger partial charge < -0.3 is 19.5 Å². The molecule has 0 aromatic heterocycles. The molecule has 1 unspecified atom stereocenters. The Balaban J connectivity index is 1.58. The Hall–Kier alpha value is -3.53. The quantitative estimate of drug-likeness (QED) is 0.237. The largest absolute Gasteiger partial charge is 0.481 e.